The Kier molecular flexibility index (Phi) is 6.48. The highest BCUT2D eigenvalue weighted by atomic mass is 35.5. The zero-order chi connectivity index (χ0) is 15.9. The van der Waals surface area contributed by atoms with Gasteiger partial charge in [-0.25, -0.2) is 0 Å². The van der Waals surface area contributed by atoms with Gasteiger partial charge in [0.2, 0.25) is 11.0 Å². The molecular formula is C14H17ClN4OS2. The summed E-state index contributed by atoms with van der Waals surface area (Å²) in [6, 6.07) is 7.39. The molecule has 2 N–H and O–H groups in total. The molecule has 1 heterocycles. The highest BCUT2D eigenvalue weighted by Gasteiger charge is 2.16. The first-order valence-corrected chi connectivity index (χ1v) is 8.96. The Balaban J connectivity index is 1.92. The molecule has 118 valence electrons. The Labute approximate surface area is 142 Å². The molecule has 0 saturated carbocycles. The number of aromatic nitrogens is 2. The molecule has 0 aliphatic rings. The van der Waals surface area contributed by atoms with E-state index >= 15 is 0 Å². The van der Waals surface area contributed by atoms with Crippen molar-refractivity contribution in [1.29, 1.82) is 0 Å². The first-order chi connectivity index (χ1) is 10.6. The van der Waals surface area contributed by atoms with Crippen molar-refractivity contribution < 1.29 is 4.79 Å². The van der Waals surface area contributed by atoms with Gasteiger partial charge in [-0.15, -0.1) is 10.2 Å². The van der Waals surface area contributed by atoms with Gasteiger partial charge in [0.25, 0.3) is 0 Å². The summed E-state index contributed by atoms with van der Waals surface area (Å²) in [5.74, 6) is 0.0198. The molecule has 22 heavy (non-hydrogen) atoms. The van der Waals surface area contributed by atoms with E-state index in [4.69, 9.17) is 11.6 Å². The van der Waals surface area contributed by atoms with Crippen molar-refractivity contribution in [2.24, 2.45) is 0 Å². The molecule has 0 bridgehead atoms. The summed E-state index contributed by atoms with van der Waals surface area (Å²) in [7, 11) is 0. The van der Waals surface area contributed by atoms with Crippen molar-refractivity contribution >= 4 is 51.4 Å². The predicted octanol–water partition coefficient (Wildman–Crippen LogP) is 3.94. The lowest BCUT2D eigenvalue weighted by molar-refractivity contribution is -0.120. The minimum Gasteiger partial charge on any atom is -0.355 e. The van der Waals surface area contributed by atoms with E-state index in [9.17, 15) is 4.79 Å². The van der Waals surface area contributed by atoms with Gasteiger partial charge in [0.05, 0.1) is 5.25 Å². The summed E-state index contributed by atoms with van der Waals surface area (Å²) in [6.07, 6.45) is 0.926. The largest absolute Gasteiger partial charge is 0.355 e. The van der Waals surface area contributed by atoms with Crippen LogP contribution in [-0.4, -0.2) is 27.9 Å². The van der Waals surface area contributed by atoms with Crippen LogP contribution in [0.4, 0.5) is 10.8 Å². The van der Waals surface area contributed by atoms with E-state index < -0.39 is 0 Å². The average Bonchev–Trinajstić information content (AvgIpc) is 2.91. The van der Waals surface area contributed by atoms with Gasteiger partial charge in [0.15, 0.2) is 4.34 Å². The van der Waals surface area contributed by atoms with Crippen molar-refractivity contribution in [3.63, 3.8) is 0 Å². The maximum atomic E-state index is 11.8. The van der Waals surface area contributed by atoms with Crippen LogP contribution in [0.2, 0.25) is 5.02 Å². The van der Waals surface area contributed by atoms with Crippen LogP contribution in [0.15, 0.2) is 28.6 Å². The lowest BCUT2D eigenvalue weighted by atomic mass is 10.3. The smallest absolute Gasteiger partial charge is 0.233 e. The van der Waals surface area contributed by atoms with Gasteiger partial charge in [-0.05, 0) is 31.5 Å². The fourth-order valence-corrected chi connectivity index (χ4v) is 3.73. The number of carbonyl (C=O) groups excluding carboxylic acids is 1. The summed E-state index contributed by atoms with van der Waals surface area (Å²) in [6.45, 7) is 4.58. The van der Waals surface area contributed by atoms with Crippen LogP contribution in [0.5, 0.6) is 0 Å². The number of rotatable bonds is 7. The number of amides is 1. The molecule has 0 aliphatic carbocycles. The lowest BCUT2D eigenvalue weighted by Crippen LogP contribution is -2.31. The maximum Gasteiger partial charge on any atom is 0.233 e. The topological polar surface area (TPSA) is 66.9 Å². The second kappa shape index (κ2) is 8.36. The number of halogens is 1. The van der Waals surface area contributed by atoms with Gasteiger partial charge in [-0.3, -0.25) is 4.79 Å². The number of carbonyl (C=O) groups is 1. The van der Waals surface area contributed by atoms with Crippen LogP contribution in [0.1, 0.15) is 20.3 Å². The van der Waals surface area contributed by atoms with E-state index in [0.29, 0.717) is 16.7 Å². The Morgan fingerprint density at radius 2 is 2.27 bits per heavy atom. The van der Waals surface area contributed by atoms with Gasteiger partial charge in [0.1, 0.15) is 0 Å². The predicted molar refractivity (Wildman–Crippen MR) is 93.3 cm³/mol. The van der Waals surface area contributed by atoms with Crippen LogP contribution in [-0.2, 0) is 4.79 Å². The zero-order valence-electron chi connectivity index (χ0n) is 12.3. The number of hydrogen-bond donors (Lipinski definition) is 2. The average molecular weight is 357 g/mol. The highest BCUT2D eigenvalue weighted by molar-refractivity contribution is 8.02. The normalized spacial score (nSPS) is 12.0. The maximum absolute atomic E-state index is 11.8. The molecule has 1 aromatic carbocycles. The summed E-state index contributed by atoms with van der Waals surface area (Å²) < 4.78 is 0.753. The van der Waals surface area contributed by atoms with Gasteiger partial charge in [-0.1, -0.05) is 47.7 Å². The number of nitrogens with zero attached hydrogens (tertiary/aromatic N) is 2. The third-order valence-electron chi connectivity index (χ3n) is 2.68. The number of hydrogen-bond acceptors (Lipinski definition) is 6. The summed E-state index contributed by atoms with van der Waals surface area (Å²) in [4.78, 5) is 11.8. The Bertz CT molecular complexity index is 635. The first kappa shape index (κ1) is 17.1. The van der Waals surface area contributed by atoms with E-state index in [1.54, 1.807) is 0 Å². The fraction of sp³-hybridized carbons (Fsp3) is 0.357. The molecule has 2 aromatic rings. The van der Waals surface area contributed by atoms with E-state index in [-0.39, 0.29) is 11.2 Å². The highest BCUT2D eigenvalue weighted by Crippen LogP contribution is 2.30. The number of benzene rings is 1. The standard InChI is InChI=1S/C14H17ClN4OS2/c1-3-7-16-12(20)9(2)21-14-19-18-13(22-14)17-11-6-4-5-10(15)8-11/h4-6,8-9H,3,7H2,1-2H3,(H,16,20)(H,17,18)/t9-/m0/s1. The Hall–Kier alpha value is -1.31. The van der Waals surface area contributed by atoms with Crippen molar-refractivity contribution in [1.82, 2.24) is 15.5 Å². The van der Waals surface area contributed by atoms with Crippen molar-refractivity contribution in [3.8, 4) is 0 Å². The number of anilines is 2. The van der Waals surface area contributed by atoms with E-state index in [1.165, 1.54) is 23.1 Å². The Morgan fingerprint density at radius 3 is 3.00 bits per heavy atom. The van der Waals surface area contributed by atoms with Crippen LogP contribution in [0.3, 0.4) is 0 Å². The summed E-state index contributed by atoms with van der Waals surface area (Å²) >= 11 is 8.75. The van der Waals surface area contributed by atoms with Gasteiger partial charge >= 0.3 is 0 Å². The fourth-order valence-electron chi connectivity index (χ4n) is 1.59. The molecule has 2 rings (SSSR count). The quantitative estimate of drug-likeness (QED) is 0.735. The molecule has 1 atom stereocenters. The van der Waals surface area contributed by atoms with Gasteiger partial charge in [-0.2, -0.15) is 0 Å². The van der Waals surface area contributed by atoms with Crippen molar-refractivity contribution in [3.05, 3.63) is 29.3 Å². The van der Waals surface area contributed by atoms with Gasteiger partial charge in [0, 0.05) is 17.3 Å². The molecule has 5 nitrogen and oxygen atoms in total. The number of thioether (sulfide) groups is 1. The second-order valence-electron chi connectivity index (χ2n) is 4.56. The number of nitrogens with one attached hydrogen (secondary N) is 2. The molecule has 0 spiro atoms. The minimum atomic E-state index is -0.196. The molecule has 0 fully saturated rings. The van der Waals surface area contributed by atoms with Gasteiger partial charge < -0.3 is 10.6 Å². The first-order valence-electron chi connectivity index (χ1n) is 6.89. The molecule has 1 amide bonds. The SMILES string of the molecule is CCCNC(=O)[C@H](C)Sc1nnc(Nc2cccc(Cl)c2)s1. The van der Waals surface area contributed by atoms with E-state index in [0.717, 1.165) is 16.4 Å². The van der Waals surface area contributed by atoms with E-state index in [2.05, 4.69) is 20.8 Å². The third kappa shape index (κ3) is 5.15. The minimum absolute atomic E-state index is 0.0198. The lowest BCUT2D eigenvalue weighted by Gasteiger charge is -2.08. The van der Waals surface area contributed by atoms with Crippen molar-refractivity contribution in [2.75, 3.05) is 11.9 Å². The zero-order valence-corrected chi connectivity index (χ0v) is 14.7. The molecular weight excluding hydrogens is 340 g/mol. The van der Waals surface area contributed by atoms with Crippen LogP contribution < -0.4 is 10.6 Å². The molecule has 8 heteroatoms. The molecule has 0 radical (unpaired) electrons. The molecule has 0 aliphatic heterocycles. The van der Waals surface area contributed by atoms with Crippen LogP contribution >= 0.6 is 34.7 Å². The summed E-state index contributed by atoms with van der Waals surface area (Å²) in [5, 5.41) is 15.3. The molecule has 0 saturated heterocycles. The van der Waals surface area contributed by atoms with E-state index in [1.807, 2.05) is 38.1 Å². The van der Waals surface area contributed by atoms with Crippen LogP contribution in [0, 0.1) is 0 Å². The monoisotopic (exact) mass is 356 g/mol. The van der Waals surface area contributed by atoms with Crippen molar-refractivity contribution in [2.45, 2.75) is 29.9 Å². The molecule has 0 unspecified atom stereocenters. The third-order valence-corrected chi connectivity index (χ3v) is 4.94. The van der Waals surface area contributed by atoms with Crippen LogP contribution in [0.25, 0.3) is 0 Å². The molecule has 1 aromatic heterocycles. The summed E-state index contributed by atoms with van der Waals surface area (Å²) in [5.41, 5.74) is 0.855. The second-order valence-corrected chi connectivity index (χ2v) is 7.56. The Morgan fingerprint density at radius 1 is 1.45 bits per heavy atom.